The number of anilines is 2. The van der Waals surface area contributed by atoms with Gasteiger partial charge < -0.3 is 5.32 Å². The molecule has 0 aliphatic rings. The van der Waals surface area contributed by atoms with Crippen LogP contribution in [0.4, 0.5) is 20.3 Å². The topological polar surface area (TPSA) is 50.7 Å². The second kappa shape index (κ2) is 4.56. The van der Waals surface area contributed by atoms with E-state index in [1.807, 2.05) is 12.1 Å². The van der Waals surface area contributed by atoms with Crippen LogP contribution in [-0.4, -0.2) is 15.4 Å². The van der Waals surface area contributed by atoms with Crippen LogP contribution >= 0.6 is 0 Å². The van der Waals surface area contributed by atoms with E-state index in [1.54, 1.807) is 12.1 Å². The van der Waals surface area contributed by atoms with Crippen molar-refractivity contribution in [1.82, 2.24) is 15.4 Å². The van der Waals surface area contributed by atoms with Gasteiger partial charge in [0.1, 0.15) is 11.6 Å². The number of nitrogens with zero attached hydrogens (tertiary/aromatic N) is 3. The standard InChI is InChI=1S/C13H8F2N4/c14-8-5-9(15)7-10(6-8)16-13-11-3-1-2-4-12(11)17-19-18-13/h1-7H,(H,16,17,18). The zero-order valence-corrected chi connectivity index (χ0v) is 9.64. The van der Waals surface area contributed by atoms with Gasteiger partial charge in [0.25, 0.3) is 0 Å². The van der Waals surface area contributed by atoms with Gasteiger partial charge in [0.15, 0.2) is 5.82 Å². The highest BCUT2D eigenvalue weighted by Crippen LogP contribution is 2.22. The average molecular weight is 258 g/mol. The normalized spacial score (nSPS) is 10.6. The number of benzene rings is 2. The predicted octanol–water partition coefficient (Wildman–Crippen LogP) is 3.05. The van der Waals surface area contributed by atoms with Crippen molar-refractivity contribution < 1.29 is 8.78 Å². The Bertz CT molecular complexity index is 720. The summed E-state index contributed by atoms with van der Waals surface area (Å²) in [6.45, 7) is 0. The smallest absolute Gasteiger partial charge is 0.164 e. The fraction of sp³-hybridized carbons (Fsp3) is 0. The Hall–Kier alpha value is -2.63. The number of rotatable bonds is 2. The Morgan fingerprint density at radius 2 is 1.63 bits per heavy atom. The quantitative estimate of drug-likeness (QED) is 0.767. The van der Waals surface area contributed by atoms with Crippen LogP contribution in [0.1, 0.15) is 0 Å². The number of hydrogen-bond acceptors (Lipinski definition) is 4. The first-order chi connectivity index (χ1) is 9.22. The van der Waals surface area contributed by atoms with Gasteiger partial charge in [-0.05, 0) is 29.5 Å². The number of hydrogen-bond donors (Lipinski definition) is 1. The minimum absolute atomic E-state index is 0.267. The minimum atomic E-state index is -0.658. The van der Waals surface area contributed by atoms with Gasteiger partial charge in [0.05, 0.1) is 5.52 Å². The van der Waals surface area contributed by atoms with Gasteiger partial charge in [0.2, 0.25) is 0 Å². The monoisotopic (exact) mass is 258 g/mol. The first-order valence-corrected chi connectivity index (χ1v) is 5.53. The number of aromatic nitrogens is 3. The molecule has 4 nitrogen and oxygen atoms in total. The molecule has 94 valence electrons. The van der Waals surface area contributed by atoms with E-state index in [9.17, 15) is 8.78 Å². The molecule has 0 unspecified atom stereocenters. The maximum absolute atomic E-state index is 13.1. The molecule has 2 aromatic carbocycles. The van der Waals surface area contributed by atoms with E-state index < -0.39 is 11.6 Å². The maximum Gasteiger partial charge on any atom is 0.164 e. The lowest BCUT2D eigenvalue weighted by Gasteiger charge is -2.07. The molecule has 0 aliphatic carbocycles. The van der Waals surface area contributed by atoms with Gasteiger partial charge in [-0.15, -0.1) is 10.2 Å². The molecule has 1 heterocycles. The summed E-state index contributed by atoms with van der Waals surface area (Å²) in [5.41, 5.74) is 0.917. The third-order valence-electron chi connectivity index (χ3n) is 2.58. The highest BCUT2D eigenvalue weighted by Gasteiger charge is 2.06. The molecule has 0 saturated heterocycles. The summed E-state index contributed by atoms with van der Waals surface area (Å²) >= 11 is 0. The number of nitrogens with one attached hydrogen (secondary N) is 1. The van der Waals surface area contributed by atoms with Crippen molar-refractivity contribution in [1.29, 1.82) is 0 Å². The summed E-state index contributed by atoms with van der Waals surface area (Å²) in [5, 5.41) is 14.9. The fourth-order valence-electron chi connectivity index (χ4n) is 1.79. The van der Waals surface area contributed by atoms with Crippen LogP contribution in [0.2, 0.25) is 0 Å². The fourth-order valence-corrected chi connectivity index (χ4v) is 1.79. The number of halogens is 2. The first kappa shape index (κ1) is 11.5. The van der Waals surface area contributed by atoms with Gasteiger partial charge in [-0.25, -0.2) is 8.78 Å². The molecular weight excluding hydrogens is 250 g/mol. The van der Waals surface area contributed by atoms with Crippen molar-refractivity contribution in [2.24, 2.45) is 0 Å². The summed E-state index contributed by atoms with van der Waals surface area (Å²) in [5.74, 6) is -0.918. The van der Waals surface area contributed by atoms with E-state index in [0.29, 0.717) is 11.3 Å². The maximum atomic E-state index is 13.1. The van der Waals surface area contributed by atoms with E-state index >= 15 is 0 Å². The number of fused-ring (bicyclic) bond motifs is 1. The van der Waals surface area contributed by atoms with Gasteiger partial charge >= 0.3 is 0 Å². The van der Waals surface area contributed by atoms with E-state index in [2.05, 4.69) is 20.7 Å². The summed E-state index contributed by atoms with van der Waals surface area (Å²) in [7, 11) is 0. The summed E-state index contributed by atoms with van der Waals surface area (Å²) in [4.78, 5) is 0. The van der Waals surface area contributed by atoms with Crippen molar-refractivity contribution in [3.63, 3.8) is 0 Å². The Balaban J connectivity index is 2.05. The van der Waals surface area contributed by atoms with Crippen molar-refractivity contribution in [3.05, 3.63) is 54.1 Å². The molecule has 1 aromatic heterocycles. The Morgan fingerprint density at radius 3 is 2.42 bits per heavy atom. The van der Waals surface area contributed by atoms with E-state index in [1.165, 1.54) is 12.1 Å². The average Bonchev–Trinajstić information content (AvgIpc) is 2.38. The molecule has 19 heavy (non-hydrogen) atoms. The molecule has 0 atom stereocenters. The van der Waals surface area contributed by atoms with Crippen LogP contribution in [0.25, 0.3) is 10.9 Å². The van der Waals surface area contributed by atoms with Crippen LogP contribution in [0, 0.1) is 11.6 Å². The lowest BCUT2D eigenvalue weighted by molar-refractivity contribution is 0.584. The predicted molar refractivity (Wildman–Crippen MR) is 67.0 cm³/mol. The van der Waals surface area contributed by atoms with Crippen molar-refractivity contribution in [3.8, 4) is 0 Å². The molecular formula is C13H8F2N4. The lowest BCUT2D eigenvalue weighted by Crippen LogP contribution is -1.99. The second-order valence-corrected chi connectivity index (χ2v) is 3.94. The second-order valence-electron chi connectivity index (χ2n) is 3.94. The highest BCUT2D eigenvalue weighted by atomic mass is 19.1. The Labute approximate surface area is 107 Å². The Kier molecular flexibility index (Phi) is 2.75. The third-order valence-corrected chi connectivity index (χ3v) is 2.58. The molecule has 6 heteroatoms. The van der Waals surface area contributed by atoms with E-state index in [-0.39, 0.29) is 5.69 Å². The molecule has 3 rings (SSSR count). The zero-order chi connectivity index (χ0) is 13.2. The van der Waals surface area contributed by atoms with Gasteiger partial charge in [-0.3, -0.25) is 0 Å². The molecule has 0 bridgehead atoms. The lowest BCUT2D eigenvalue weighted by atomic mass is 10.2. The van der Waals surface area contributed by atoms with Crippen molar-refractivity contribution in [2.75, 3.05) is 5.32 Å². The van der Waals surface area contributed by atoms with Crippen molar-refractivity contribution >= 4 is 22.4 Å². The van der Waals surface area contributed by atoms with Crippen LogP contribution < -0.4 is 5.32 Å². The first-order valence-electron chi connectivity index (χ1n) is 5.53. The third kappa shape index (κ3) is 2.33. The highest BCUT2D eigenvalue weighted by molar-refractivity contribution is 5.89. The van der Waals surface area contributed by atoms with Gasteiger partial charge in [0, 0.05) is 17.1 Å². The van der Waals surface area contributed by atoms with Crippen LogP contribution in [0.15, 0.2) is 42.5 Å². The molecule has 1 N–H and O–H groups in total. The van der Waals surface area contributed by atoms with Crippen LogP contribution in [-0.2, 0) is 0 Å². The largest absolute Gasteiger partial charge is 0.338 e. The molecule has 0 fully saturated rings. The molecule has 0 amide bonds. The van der Waals surface area contributed by atoms with Crippen LogP contribution in [0.3, 0.4) is 0 Å². The minimum Gasteiger partial charge on any atom is -0.338 e. The van der Waals surface area contributed by atoms with Gasteiger partial charge in [-0.2, -0.15) is 0 Å². The molecule has 3 aromatic rings. The van der Waals surface area contributed by atoms with Crippen LogP contribution in [0.5, 0.6) is 0 Å². The molecule has 0 saturated carbocycles. The molecule has 0 radical (unpaired) electrons. The molecule has 0 spiro atoms. The van der Waals surface area contributed by atoms with E-state index in [4.69, 9.17) is 0 Å². The summed E-state index contributed by atoms with van der Waals surface area (Å²) < 4.78 is 26.2. The summed E-state index contributed by atoms with van der Waals surface area (Å²) in [6, 6.07) is 10.4. The SMILES string of the molecule is Fc1cc(F)cc(Nc2nnnc3ccccc23)c1. The zero-order valence-electron chi connectivity index (χ0n) is 9.64. The molecule has 0 aliphatic heterocycles. The van der Waals surface area contributed by atoms with Crippen molar-refractivity contribution in [2.45, 2.75) is 0 Å². The Morgan fingerprint density at radius 1 is 0.895 bits per heavy atom. The van der Waals surface area contributed by atoms with Gasteiger partial charge in [-0.1, -0.05) is 12.1 Å². The summed E-state index contributed by atoms with van der Waals surface area (Å²) in [6.07, 6.45) is 0. The van der Waals surface area contributed by atoms with E-state index in [0.717, 1.165) is 11.5 Å².